The first-order valence-electron chi connectivity index (χ1n) is 11.0. The van der Waals surface area contributed by atoms with Crippen molar-refractivity contribution in [3.8, 4) is 22.6 Å². The predicted molar refractivity (Wildman–Crippen MR) is 124 cm³/mol. The molecule has 2 atom stereocenters. The largest absolute Gasteiger partial charge is 0.506 e. The van der Waals surface area contributed by atoms with Crippen LogP contribution in [0.25, 0.3) is 22.1 Å². The molecule has 3 aromatic rings. The van der Waals surface area contributed by atoms with Crippen LogP contribution in [0.1, 0.15) is 62.6 Å². The van der Waals surface area contributed by atoms with Crippen molar-refractivity contribution in [3.05, 3.63) is 57.9 Å². The van der Waals surface area contributed by atoms with E-state index in [1.54, 1.807) is 24.3 Å². The van der Waals surface area contributed by atoms with Gasteiger partial charge >= 0.3 is 5.63 Å². The number of ketones is 1. The number of benzene rings is 2. The molecule has 0 radical (unpaired) electrons. The minimum absolute atomic E-state index is 0.0539. The Balaban J connectivity index is 2.08. The van der Waals surface area contributed by atoms with Crippen molar-refractivity contribution in [2.45, 2.75) is 58.3 Å². The van der Waals surface area contributed by atoms with Gasteiger partial charge in [0, 0.05) is 18.1 Å². The van der Waals surface area contributed by atoms with Crippen LogP contribution in [0.15, 0.2) is 45.6 Å². The van der Waals surface area contributed by atoms with Crippen molar-refractivity contribution < 1.29 is 29.3 Å². The van der Waals surface area contributed by atoms with Gasteiger partial charge in [-0.3, -0.25) is 4.79 Å². The number of hydrogen-bond donors (Lipinski definition) is 3. The molecule has 1 unspecified atom stereocenters. The summed E-state index contributed by atoms with van der Waals surface area (Å²) in [4.78, 5) is 25.8. The molecule has 0 bridgehead atoms. The monoisotopic (exact) mass is 452 g/mol. The zero-order valence-electron chi connectivity index (χ0n) is 19.1. The number of aliphatic hydroxyl groups excluding tert-OH is 1. The summed E-state index contributed by atoms with van der Waals surface area (Å²) in [6.07, 6.45) is -1.75. The van der Waals surface area contributed by atoms with Crippen LogP contribution in [-0.4, -0.2) is 32.8 Å². The van der Waals surface area contributed by atoms with Gasteiger partial charge in [-0.2, -0.15) is 0 Å². The number of ether oxygens (including phenoxy) is 1. The number of aliphatic hydroxyl groups is 2. The molecule has 1 aliphatic heterocycles. The molecule has 1 aromatic heterocycles. The van der Waals surface area contributed by atoms with E-state index in [2.05, 4.69) is 0 Å². The summed E-state index contributed by atoms with van der Waals surface area (Å²) in [5.41, 5.74) is -1.20. The molecule has 0 aliphatic carbocycles. The second-order valence-corrected chi connectivity index (χ2v) is 9.51. The molecule has 0 saturated heterocycles. The highest BCUT2D eigenvalue weighted by atomic mass is 16.5. The number of phenols is 1. The fraction of sp³-hybridized carbons (Fsp3) is 0.385. The summed E-state index contributed by atoms with van der Waals surface area (Å²) in [5.74, 6) is -0.517. The number of fused-ring (bicyclic) bond motifs is 3. The van der Waals surface area contributed by atoms with Gasteiger partial charge in [0.2, 0.25) is 0 Å². The lowest BCUT2D eigenvalue weighted by atomic mass is 9.89. The van der Waals surface area contributed by atoms with Gasteiger partial charge in [-0.05, 0) is 31.7 Å². The van der Waals surface area contributed by atoms with Crippen LogP contribution in [0.5, 0.6) is 11.5 Å². The van der Waals surface area contributed by atoms with E-state index in [0.29, 0.717) is 17.5 Å². The van der Waals surface area contributed by atoms with E-state index in [1.807, 2.05) is 19.9 Å². The Labute approximate surface area is 191 Å². The molecule has 174 valence electrons. The van der Waals surface area contributed by atoms with E-state index >= 15 is 0 Å². The molecule has 4 rings (SSSR count). The van der Waals surface area contributed by atoms with Gasteiger partial charge < -0.3 is 24.5 Å². The quantitative estimate of drug-likeness (QED) is 0.376. The topological polar surface area (TPSA) is 117 Å². The van der Waals surface area contributed by atoms with Gasteiger partial charge in [-0.25, -0.2) is 4.79 Å². The van der Waals surface area contributed by atoms with Crippen LogP contribution < -0.4 is 10.4 Å². The first-order chi connectivity index (χ1) is 15.5. The van der Waals surface area contributed by atoms with Crippen molar-refractivity contribution in [2.75, 3.05) is 0 Å². The Hall–Kier alpha value is -3.16. The SMILES string of the molecule is CC(C)CCC(=O)c1c2c(c3oc(=O)cc(-c4ccccc4)c3c1O)[C@H](O)C(C(C)(C)O)O2. The van der Waals surface area contributed by atoms with E-state index < -0.39 is 23.4 Å². The Morgan fingerprint density at radius 1 is 1.18 bits per heavy atom. The molecule has 0 spiro atoms. The Kier molecular flexibility index (Phi) is 5.80. The number of Topliss-reactive ketones (excluding diaryl/α,β-unsaturated/α-hetero) is 1. The second-order valence-electron chi connectivity index (χ2n) is 9.51. The van der Waals surface area contributed by atoms with E-state index in [1.165, 1.54) is 19.9 Å². The van der Waals surface area contributed by atoms with Gasteiger partial charge in [0.05, 0.1) is 16.6 Å². The summed E-state index contributed by atoms with van der Waals surface area (Å²) in [5, 5.41) is 33.2. The Morgan fingerprint density at radius 3 is 2.45 bits per heavy atom. The molecular weight excluding hydrogens is 424 g/mol. The lowest BCUT2D eigenvalue weighted by Crippen LogP contribution is -2.41. The molecule has 3 N–H and O–H groups in total. The van der Waals surface area contributed by atoms with Crippen molar-refractivity contribution in [1.82, 2.24) is 0 Å². The van der Waals surface area contributed by atoms with E-state index in [0.717, 1.165) is 0 Å². The molecule has 7 nitrogen and oxygen atoms in total. The van der Waals surface area contributed by atoms with Crippen LogP contribution in [-0.2, 0) is 0 Å². The van der Waals surface area contributed by atoms with Crippen LogP contribution in [0.3, 0.4) is 0 Å². The van der Waals surface area contributed by atoms with Crippen molar-refractivity contribution in [1.29, 1.82) is 0 Å². The normalized spacial score (nSPS) is 17.9. The number of aromatic hydroxyl groups is 1. The predicted octanol–water partition coefficient (Wildman–Crippen LogP) is 4.35. The average molecular weight is 453 g/mol. The van der Waals surface area contributed by atoms with Gasteiger partial charge in [-0.1, -0.05) is 44.2 Å². The number of phenolic OH excluding ortho intramolecular Hbond substituents is 1. The maximum Gasteiger partial charge on any atom is 0.336 e. The molecule has 0 amide bonds. The minimum atomic E-state index is -1.48. The highest BCUT2D eigenvalue weighted by Gasteiger charge is 2.47. The molecule has 7 heteroatoms. The fourth-order valence-corrected chi connectivity index (χ4v) is 4.30. The van der Waals surface area contributed by atoms with Gasteiger partial charge in [0.15, 0.2) is 17.5 Å². The molecule has 0 saturated carbocycles. The Bertz CT molecular complexity index is 1270. The lowest BCUT2D eigenvalue weighted by molar-refractivity contribution is -0.0763. The zero-order valence-corrected chi connectivity index (χ0v) is 19.1. The third kappa shape index (κ3) is 4.03. The number of rotatable bonds is 6. The molecule has 2 aromatic carbocycles. The fourth-order valence-electron chi connectivity index (χ4n) is 4.30. The average Bonchev–Trinajstić information content (AvgIpc) is 3.09. The minimum Gasteiger partial charge on any atom is -0.506 e. The first kappa shape index (κ1) is 23.0. The van der Waals surface area contributed by atoms with E-state index in [-0.39, 0.29) is 51.7 Å². The van der Waals surface area contributed by atoms with Crippen LogP contribution in [0.4, 0.5) is 0 Å². The molecule has 33 heavy (non-hydrogen) atoms. The third-order valence-corrected chi connectivity index (χ3v) is 5.99. The first-order valence-corrected chi connectivity index (χ1v) is 11.0. The highest BCUT2D eigenvalue weighted by molar-refractivity contribution is 6.11. The van der Waals surface area contributed by atoms with E-state index in [4.69, 9.17) is 9.15 Å². The summed E-state index contributed by atoms with van der Waals surface area (Å²) in [6.45, 7) is 6.93. The van der Waals surface area contributed by atoms with Crippen LogP contribution >= 0.6 is 0 Å². The van der Waals surface area contributed by atoms with Crippen molar-refractivity contribution in [3.63, 3.8) is 0 Å². The van der Waals surface area contributed by atoms with E-state index in [9.17, 15) is 24.9 Å². The van der Waals surface area contributed by atoms with Gasteiger partial charge in [0.25, 0.3) is 0 Å². The maximum atomic E-state index is 13.3. The highest BCUT2D eigenvalue weighted by Crippen LogP contribution is 2.52. The van der Waals surface area contributed by atoms with Gasteiger partial charge in [-0.15, -0.1) is 0 Å². The third-order valence-electron chi connectivity index (χ3n) is 5.99. The summed E-state index contributed by atoms with van der Waals surface area (Å²) in [7, 11) is 0. The lowest BCUT2D eigenvalue weighted by Gasteiger charge is -2.27. The molecular formula is C26H28O7. The Morgan fingerprint density at radius 2 is 1.85 bits per heavy atom. The molecule has 1 aliphatic rings. The standard InChI is InChI=1S/C26H28O7/c1-13(2)10-11-16(27)19-21(29)18-15(14-8-6-5-7-9-14)12-17(28)32-23(18)20-22(30)25(26(3,4)31)33-24(19)20/h5-9,12-13,22,25,29-31H,10-11H2,1-4H3/t22-,25?/m0/s1. The van der Waals surface area contributed by atoms with Crippen molar-refractivity contribution in [2.24, 2.45) is 5.92 Å². The van der Waals surface area contributed by atoms with Crippen LogP contribution in [0.2, 0.25) is 0 Å². The summed E-state index contributed by atoms with van der Waals surface area (Å²) in [6, 6.07) is 10.2. The van der Waals surface area contributed by atoms with Crippen molar-refractivity contribution >= 4 is 16.8 Å². The number of carbonyl (C=O) groups excluding carboxylic acids is 1. The molecule has 0 fully saturated rings. The molecule has 2 heterocycles. The second kappa shape index (κ2) is 8.32. The maximum absolute atomic E-state index is 13.3. The smallest absolute Gasteiger partial charge is 0.336 e. The number of carbonyl (C=O) groups is 1. The van der Waals surface area contributed by atoms with Gasteiger partial charge in [0.1, 0.15) is 23.2 Å². The summed E-state index contributed by atoms with van der Waals surface area (Å²) >= 11 is 0. The van der Waals surface area contributed by atoms with Crippen LogP contribution in [0, 0.1) is 5.92 Å². The number of hydrogen-bond acceptors (Lipinski definition) is 7. The summed E-state index contributed by atoms with van der Waals surface area (Å²) < 4.78 is 11.3. The zero-order chi connectivity index (χ0) is 24.1.